The molecule has 27 heavy (non-hydrogen) atoms. The van der Waals surface area contributed by atoms with E-state index in [1.165, 1.54) is 0 Å². The standard InChI is InChI=1S/C20H28BrNO5/c1-19(2,3)27-18(25)22-11-5-4-9-20(10-12-22,26-14-17(23)24)15-7-6-8-16(21)13-15/h6-8,13H,4-5,9-12,14H2,1-3H3,(H,23,24). The van der Waals surface area contributed by atoms with Crippen LogP contribution in [-0.4, -0.2) is 47.4 Å². The van der Waals surface area contributed by atoms with Gasteiger partial charge in [0.15, 0.2) is 0 Å². The smallest absolute Gasteiger partial charge is 0.410 e. The molecule has 0 aliphatic carbocycles. The van der Waals surface area contributed by atoms with Gasteiger partial charge in [0, 0.05) is 17.6 Å². The zero-order chi connectivity index (χ0) is 20.1. The van der Waals surface area contributed by atoms with Crippen LogP contribution in [0.4, 0.5) is 4.79 Å². The third-order valence-electron chi connectivity index (χ3n) is 4.52. The van der Waals surface area contributed by atoms with Crippen molar-refractivity contribution < 1.29 is 24.2 Å². The first-order chi connectivity index (χ1) is 12.6. The molecule has 1 saturated heterocycles. The van der Waals surface area contributed by atoms with E-state index in [9.17, 15) is 9.59 Å². The van der Waals surface area contributed by atoms with Crippen LogP contribution in [0.1, 0.15) is 52.0 Å². The number of hydrogen-bond donors (Lipinski definition) is 1. The van der Waals surface area contributed by atoms with E-state index in [4.69, 9.17) is 14.6 Å². The molecule has 0 radical (unpaired) electrons. The van der Waals surface area contributed by atoms with Gasteiger partial charge in [-0.1, -0.05) is 28.1 Å². The van der Waals surface area contributed by atoms with E-state index in [2.05, 4.69) is 15.9 Å². The monoisotopic (exact) mass is 441 g/mol. The van der Waals surface area contributed by atoms with Gasteiger partial charge in [0.2, 0.25) is 0 Å². The number of likely N-dealkylation sites (tertiary alicyclic amines) is 1. The van der Waals surface area contributed by atoms with E-state index < -0.39 is 17.2 Å². The Morgan fingerprint density at radius 3 is 2.59 bits per heavy atom. The van der Waals surface area contributed by atoms with Gasteiger partial charge in [-0.3, -0.25) is 0 Å². The predicted octanol–water partition coefficient (Wildman–Crippen LogP) is 4.56. The lowest BCUT2D eigenvalue weighted by Gasteiger charge is -2.38. The maximum Gasteiger partial charge on any atom is 0.410 e. The number of rotatable bonds is 4. The number of carboxylic acid groups (broad SMARTS) is 1. The molecular weight excluding hydrogens is 414 g/mol. The lowest BCUT2D eigenvalue weighted by molar-refractivity contribution is -0.153. The lowest BCUT2D eigenvalue weighted by atomic mass is 9.84. The van der Waals surface area contributed by atoms with Crippen molar-refractivity contribution >= 4 is 28.0 Å². The molecule has 1 unspecified atom stereocenters. The van der Waals surface area contributed by atoms with E-state index in [0.29, 0.717) is 25.9 Å². The summed E-state index contributed by atoms with van der Waals surface area (Å²) in [6, 6.07) is 7.74. The molecule has 1 aliphatic rings. The number of hydrogen-bond acceptors (Lipinski definition) is 4. The minimum atomic E-state index is -1.00. The molecule has 1 aromatic carbocycles. The fourth-order valence-electron chi connectivity index (χ4n) is 3.26. The van der Waals surface area contributed by atoms with Gasteiger partial charge in [0.05, 0.1) is 5.60 Å². The Bertz CT molecular complexity index is 673. The summed E-state index contributed by atoms with van der Waals surface area (Å²) in [6.45, 7) is 6.23. The largest absolute Gasteiger partial charge is 0.480 e. The van der Waals surface area contributed by atoms with Crippen LogP contribution >= 0.6 is 15.9 Å². The van der Waals surface area contributed by atoms with Crippen molar-refractivity contribution in [3.8, 4) is 0 Å². The molecule has 1 aliphatic heterocycles. The molecule has 0 bridgehead atoms. The minimum Gasteiger partial charge on any atom is -0.480 e. The molecule has 1 N–H and O–H groups in total. The van der Waals surface area contributed by atoms with Crippen LogP contribution in [0.25, 0.3) is 0 Å². The highest BCUT2D eigenvalue weighted by Gasteiger charge is 2.36. The molecule has 7 heteroatoms. The number of amides is 1. The summed E-state index contributed by atoms with van der Waals surface area (Å²) in [5, 5.41) is 9.13. The van der Waals surface area contributed by atoms with Crippen LogP contribution in [0.15, 0.2) is 28.7 Å². The Morgan fingerprint density at radius 1 is 1.22 bits per heavy atom. The Morgan fingerprint density at radius 2 is 1.96 bits per heavy atom. The van der Waals surface area contributed by atoms with Gasteiger partial charge in [-0.15, -0.1) is 0 Å². The number of nitrogens with zero attached hydrogens (tertiary/aromatic N) is 1. The molecule has 1 atom stereocenters. The second-order valence-electron chi connectivity index (χ2n) is 7.86. The molecule has 1 fully saturated rings. The van der Waals surface area contributed by atoms with Crippen LogP contribution in [0.3, 0.4) is 0 Å². The predicted molar refractivity (Wildman–Crippen MR) is 106 cm³/mol. The number of aliphatic carboxylic acids is 1. The zero-order valence-corrected chi connectivity index (χ0v) is 17.8. The summed E-state index contributed by atoms with van der Waals surface area (Å²) in [6.07, 6.45) is 2.51. The Balaban J connectivity index is 2.25. The van der Waals surface area contributed by atoms with Crippen molar-refractivity contribution in [3.05, 3.63) is 34.3 Å². The van der Waals surface area contributed by atoms with E-state index in [1.807, 2.05) is 45.0 Å². The molecule has 1 aromatic rings. The van der Waals surface area contributed by atoms with Crippen LogP contribution in [0, 0.1) is 0 Å². The maximum atomic E-state index is 12.5. The van der Waals surface area contributed by atoms with E-state index >= 15 is 0 Å². The molecular formula is C20H28BrNO5. The number of halogens is 1. The molecule has 0 spiro atoms. The Labute approximate surface area is 169 Å². The van der Waals surface area contributed by atoms with E-state index in [1.54, 1.807) is 4.90 Å². The zero-order valence-electron chi connectivity index (χ0n) is 16.2. The first-order valence-electron chi connectivity index (χ1n) is 9.21. The fourth-order valence-corrected chi connectivity index (χ4v) is 3.66. The van der Waals surface area contributed by atoms with Crippen LogP contribution in [0.2, 0.25) is 0 Å². The number of carboxylic acids is 1. The van der Waals surface area contributed by atoms with Gasteiger partial charge in [-0.25, -0.2) is 9.59 Å². The van der Waals surface area contributed by atoms with Crippen molar-refractivity contribution in [2.24, 2.45) is 0 Å². The van der Waals surface area contributed by atoms with Crippen LogP contribution in [-0.2, 0) is 19.9 Å². The summed E-state index contributed by atoms with van der Waals surface area (Å²) in [7, 11) is 0. The second-order valence-corrected chi connectivity index (χ2v) is 8.78. The average Bonchev–Trinajstić information content (AvgIpc) is 2.52. The molecule has 0 aromatic heterocycles. The average molecular weight is 442 g/mol. The first-order valence-corrected chi connectivity index (χ1v) is 10.0. The molecule has 2 rings (SSSR count). The quantitative estimate of drug-likeness (QED) is 0.740. The van der Waals surface area contributed by atoms with Crippen LogP contribution < -0.4 is 0 Å². The van der Waals surface area contributed by atoms with Crippen LogP contribution in [0.5, 0.6) is 0 Å². The SMILES string of the molecule is CC(C)(C)OC(=O)N1CCCCC(OCC(=O)O)(c2cccc(Br)c2)CC1. The minimum absolute atomic E-state index is 0.342. The van der Waals surface area contributed by atoms with Gasteiger partial charge in [-0.2, -0.15) is 0 Å². The molecule has 0 saturated carbocycles. The highest BCUT2D eigenvalue weighted by Crippen LogP contribution is 2.38. The van der Waals surface area contributed by atoms with Gasteiger partial charge in [-0.05, 0) is 64.2 Å². The van der Waals surface area contributed by atoms with Gasteiger partial charge >= 0.3 is 12.1 Å². The first kappa shape index (κ1) is 21.7. The van der Waals surface area contributed by atoms with Crippen molar-refractivity contribution in [3.63, 3.8) is 0 Å². The summed E-state index contributed by atoms with van der Waals surface area (Å²) in [4.78, 5) is 25.4. The number of benzene rings is 1. The second kappa shape index (κ2) is 9.06. The Hall–Kier alpha value is -1.60. The fraction of sp³-hybridized carbons (Fsp3) is 0.600. The maximum absolute atomic E-state index is 12.5. The normalized spacial score (nSPS) is 21.3. The van der Waals surface area contributed by atoms with E-state index in [0.717, 1.165) is 22.9 Å². The van der Waals surface area contributed by atoms with Gasteiger partial charge in [0.1, 0.15) is 12.2 Å². The van der Waals surface area contributed by atoms with Gasteiger partial charge in [0.25, 0.3) is 0 Å². The summed E-state index contributed by atoms with van der Waals surface area (Å²) in [5.74, 6) is -1.00. The number of carbonyl (C=O) groups is 2. The van der Waals surface area contributed by atoms with Gasteiger partial charge < -0.3 is 19.5 Å². The lowest BCUT2D eigenvalue weighted by Crippen LogP contribution is -2.43. The van der Waals surface area contributed by atoms with Crippen molar-refractivity contribution in [1.29, 1.82) is 0 Å². The topological polar surface area (TPSA) is 76.1 Å². The molecule has 1 amide bonds. The van der Waals surface area contributed by atoms with Crippen molar-refractivity contribution in [2.45, 2.75) is 57.7 Å². The number of carbonyl (C=O) groups excluding carboxylic acids is 1. The summed E-state index contributed by atoms with van der Waals surface area (Å²) in [5.41, 5.74) is -0.382. The van der Waals surface area contributed by atoms with E-state index in [-0.39, 0.29) is 12.7 Å². The summed E-state index contributed by atoms with van der Waals surface area (Å²) >= 11 is 3.48. The molecule has 6 nitrogen and oxygen atoms in total. The highest BCUT2D eigenvalue weighted by molar-refractivity contribution is 9.10. The highest BCUT2D eigenvalue weighted by atomic mass is 79.9. The third kappa shape index (κ3) is 6.50. The molecule has 1 heterocycles. The van der Waals surface area contributed by atoms with Crippen molar-refractivity contribution in [2.75, 3.05) is 19.7 Å². The number of ether oxygens (including phenoxy) is 2. The third-order valence-corrected chi connectivity index (χ3v) is 5.01. The van der Waals surface area contributed by atoms with Crippen molar-refractivity contribution in [1.82, 2.24) is 4.90 Å². The Kier molecular flexibility index (Phi) is 7.28. The summed E-state index contributed by atoms with van der Waals surface area (Å²) < 4.78 is 12.4. The molecule has 150 valence electrons.